The molecule has 0 radical (unpaired) electrons. The summed E-state index contributed by atoms with van der Waals surface area (Å²) in [6.45, 7) is 2.90. The van der Waals surface area contributed by atoms with Crippen molar-refractivity contribution in [2.45, 2.75) is 56.5 Å². The third-order valence-electron chi connectivity index (χ3n) is 7.60. The molecule has 0 spiro atoms. The van der Waals surface area contributed by atoms with Crippen LogP contribution < -0.4 is 15.4 Å². The van der Waals surface area contributed by atoms with Crippen molar-refractivity contribution in [2.24, 2.45) is 17.8 Å². The maximum Gasteiger partial charge on any atom is 0.490 e. The summed E-state index contributed by atoms with van der Waals surface area (Å²) in [5, 5.41) is 24.6. The van der Waals surface area contributed by atoms with Gasteiger partial charge in [-0.25, -0.2) is 4.79 Å². The summed E-state index contributed by atoms with van der Waals surface area (Å²) in [4.78, 5) is 22.7. The number of esters is 1. The van der Waals surface area contributed by atoms with Crippen LogP contribution in [-0.4, -0.2) is 87.3 Å². The van der Waals surface area contributed by atoms with E-state index in [9.17, 15) is 23.1 Å². The predicted molar refractivity (Wildman–Crippen MR) is 130 cm³/mol. The summed E-state index contributed by atoms with van der Waals surface area (Å²) in [6.07, 6.45) is -4.52. The number of aromatic nitrogens is 4. The van der Waals surface area contributed by atoms with E-state index in [1.165, 1.54) is 0 Å². The number of H-pyrrole nitrogens is 1. The number of likely N-dealkylation sites (N-methyl/N-ethyl adjacent to an activating group) is 1. The van der Waals surface area contributed by atoms with E-state index in [0.717, 1.165) is 12.1 Å². The van der Waals surface area contributed by atoms with E-state index >= 15 is 0 Å². The summed E-state index contributed by atoms with van der Waals surface area (Å²) >= 11 is 0. The maximum atomic E-state index is 13.0. The van der Waals surface area contributed by atoms with Crippen LogP contribution in [0.25, 0.3) is 0 Å². The predicted octanol–water partition coefficient (Wildman–Crippen LogP) is 2.63. The molecule has 2 aromatic heterocycles. The summed E-state index contributed by atoms with van der Waals surface area (Å²) in [6, 6.07) is 3.05. The third-order valence-corrected chi connectivity index (χ3v) is 7.60. The normalized spacial score (nSPS) is 29.9. The number of nitrogens with one attached hydrogen (secondary N) is 3. The van der Waals surface area contributed by atoms with Gasteiger partial charge in [0.2, 0.25) is 11.8 Å². The van der Waals surface area contributed by atoms with Crippen molar-refractivity contribution in [2.75, 3.05) is 37.9 Å². The highest BCUT2D eigenvalue weighted by Crippen LogP contribution is 2.57. The molecule has 4 aliphatic carbocycles. The first kappa shape index (κ1) is 26.5. The fraction of sp³-hybridized carbons (Fsp3) is 0.667. The van der Waals surface area contributed by atoms with E-state index in [4.69, 9.17) is 9.47 Å². The van der Waals surface area contributed by atoms with Gasteiger partial charge in [0.25, 0.3) is 0 Å². The molecule has 14 heteroatoms. The molecule has 38 heavy (non-hydrogen) atoms. The molecule has 4 saturated carbocycles. The van der Waals surface area contributed by atoms with Gasteiger partial charge in [-0.2, -0.15) is 28.2 Å². The highest BCUT2D eigenvalue weighted by molar-refractivity contribution is 5.76. The molecule has 0 saturated heterocycles. The monoisotopic (exact) mass is 539 g/mol. The number of halogens is 3. The number of rotatable bonds is 9. The van der Waals surface area contributed by atoms with Crippen LogP contribution in [0.5, 0.6) is 5.88 Å². The average Bonchev–Trinajstić information content (AvgIpc) is 3.21. The van der Waals surface area contributed by atoms with Gasteiger partial charge in [-0.05, 0) is 58.5 Å². The minimum absolute atomic E-state index is 0.0364. The van der Waals surface area contributed by atoms with Gasteiger partial charge < -0.3 is 30.1 Å². The summed E-state index contributed by atoms with van der Waals surface area (Å²) in [5.41, 5.74) is -0.619. The van der Waals surface area contributed by atoms with Gasteiger partial charge >= 0.3 is 12.1 Å². The third kappa shape index (κ3) is 5.51. The van der Waals surface area contributed by atoms with Gasteiger partial charge in [-0.3, -0.25) is 5.10 Å². The number of aryl methyl sites for hydroxylation is 1. The fourth-order valence-corrected chi connectivity index (χ4v) is 6.24. The van der Waals surface area contributed by atoms with Crippen LogP contribution >= 0.6 is 0 Å². The zero-order valence-corrected chi connectivity index (χ0v) is 21.4. The molecule has 208 valence electrons. The largest absolute Gasteiger partial charge is 0.490 e. The van der Waals surface area contributed by atoms with Crippen LogP contribution in [-0.2, 0) is 9.53 Å². The van der Waals surface area contributed by atoms with Crippen molar-refractivity contribution in [3.8, 4) is 5.88 Å². The Bertz CT molecular complexity index is 1180. The Hall–Kier alpha value is -3.13. The quantitative estimate of drug-likeness (QED) is 0.352. The van der Waals surface area contributed by atoms with Crippen LogP contribution in [0.1, 0.15) is 31.4 Å². The Morgan fingerprint density at radius 3 is 2.71 bits per heavy atom. The van der Waals surface area contributed by atoms with E-state index in [1.807, 2.05) is 25.9 Å². The van der Waals surface area contributed by atoms with Gasteiger partial charge in [0.05, 0.1) is 0 Å². The Morgan fingerprint density at radius 2 is 2.03 bits per heavy atom. The van der Waals surface area contributed by atoms with E-state index in [1.54, 1.807) is 12.1 Å². The first-order valence-corrected chi connectivity index (χ1v) is 12.6. The second-order valence-electron chi connectivity index (χ2n) is 10.9. The van der Waals surface area contributed by atoms with Crippen LogP contribution in [0.3, 0.4) is 0 Å². The topological polar surface area (TPSA) is 138 Å². The maximum absolute atomic E-state index is 13.0. The Morgan fingerprint density at radius 1 is 1.24 bits per heavy atom. The van der Waals surface area contributed by atoms with Crippen LogP contribution in [0.2, 0.25) is 0 Å². The number of ether oxygens (including phenoxy) is 2. The second kappa shape index (κ2) is 9.88. The van der Waals surface area contributed by atoms with Gasteiger partial charge in [0.1, 0.15) is 24.1 Å². The number of aromatic amines is 1. The lowest BCUT2D eigenvalue weighted by atomic mass is 9.51. The molecule has 4 N–H and O–H groups in total. The van der Waals surface area contributed by atoms with Crippen LogP contribution in [0.15, 0.2) is 12.1 Å². The first-order valence-electron chi connectivity index (χ1n) is 12.6. The number of anilines is 3. The zero-order chi connectivity index (χ0) is 27.2. The van der Waals surface area contributed by atoms with E-state index in [2.05, 4.69) is 30.8 Å². The fourth-order valence-electron chi connectivity index (χ4n) is 6.24. The van der Waals surface area contributed by atoms with E-state index in [-0.39, 0.29) is 24.2 Å². The molecule has 11 nitrogen and oxygen atoms in total. The van der Waals surface area contributed by atoms with Crippen molar-refractivity contribution >= 4 is 23.6 Å². The number of hydrogen-bond acceptors (Lipinski definition) is 10. The lowest BCUT2D eigenvalue weighted by Gasteiger charge is -2.61. The summed E-state index contributed by atoms with van der Waals surface area (Å²) in [7, 11) is 3.84. The van der Waals surface area contributed by atoms with Gasteiger partial charge in [-0.15, -0.1) is 0 Å². The van der Waals surface area contributed by atoms with Crippen LogP contribution in [0, 0.1) is 24.7 Å². The van der Waals surface area contributed by atoms with Gasteiger partial charge in [-0.1, -0.05) is 0 Å². The molecular formula is C24H32F3N7O4. The molecule has 0 amide bonds. The van der Waals surface area contributed by atoms with Crippen molar-refractivity contribution < 1.29 is 32.5 Å². The molecule has 0 aromatic carbocycles. The molecule has 6 unspecified atom stereocenters. The lowest BCUT2D eigenvalue weighted by Crippen LogP contribution is -2.68. The molecule has 6 atom stereocenters. The van der Waals surface area contributed by atoms with Gasteiger partial charge in [0, 0.05) is 36.3 Å². The van der Waals surface area contributed by atoms with Gasteiger partial charge in [0.15, 0.2) is 5.82 Å². The van der Waals surface area contributed by atoms with Crippen molar-refractivity contribution in [3.63, 3.8) is 0 Å². The highest BCUT2D eigenvalue weighted by atomic mass is 19.4. The minimum Gasteiger partial charge on any atom is -0.476 e. The Balaban J connectivity index is 1.40. The second-order valence-corrected chi connectivity index (χ2v) is 10.9. The SMILES string of the molecule is Cc1cc(Nc2cc(OCCN(C)C)nc(NC3C4CC5CC3C(OC(=O)C(F)(F)F)C(O)(C5)C4)n2)n[nH]1. The van der Waals surface area contributed by atoms with Crippen LogP contribution in [0.4, 0.5) is 30.8 Å². The molecule has 2 heterocycles. The number of nitrogens with zero attached hydrogens (tertiary/aromatic N) is 4. The molecule has 0 aliphatic heterocycles. The standard InChI is InChI=1S/C24H32F3N7O4/c1-12-6-17(33-32-12)28-16-9-18(37-5-4-34(2)3)30-22(29-16)31-19-14-7-13-8-15(19)20(23(36,10-13)11-14)38-21(35)24(25,26)27/h6,9,13-15,19-20,36H,4-5,7-8,10-11H2,1-3H3,(H3,28,29,30,31,32,33). The molecule has 4 fully saturated rings. The summed E-state index contributed by atoms with van der Waals surface area (Å²) in [5.74, 6) is -1.21. The highest BCUT2D eigenvalue weighted by Gasteiger charge is 2.63. The summed E-state index contributed by atoms with van der Waals surface area (Å²) < 4.78 is 49.9. The first-order chi connectivity index (χ1) is 17.9. The van der Waals surface area contributed by atoms with E-state index in [0.29, 0.717) is 43.5 Å². The molecule has 4 aliphatic rings. The number of hydrogen-bond donors (Lipinski definition) is 4. The number of aliphatic hydroxyl groups is 1. The molecule has 4 bridgehead atoms. The van der Waals surface area contributed by atoms with E-state index < -0.39 is 35.8 Å². The number of carbonyl (C=O) groups is 1. The lowest BCUT2D eigenvalue weighted by molar-refractivity contribution is -0.249. The Kier molecular flexibility index (Phi) is 6.88. The number of alkyl halides is 3. The Labute approximate surface area is 217 Å². The van der Waals surface area contributed by atoms with Crippen molar-refractivity contribution in [1.29, 1.82) is 0 Å². The smallest absolute Gasteiger partial charge is 0.476 e. The molecule has 6 rings (SSSR count). The van der Waals surface area contributed by atoms with Crippen molar-refractivity contribution in [3.05, 3.63) is 17.8 Å². The minimum atomic E-state index is -5.14. The zero-order valence-electron chi connectivity index (χ0n) is 21.4. The molecule has 2 aromatic rings. The van der Waals surface area contributed by atoms with Crippen molar-refractivity contribution in [1.82, 2.24) is 25.1 Å². The average molecular weight is 540 g/mol. The number of carbonyl (C=O) groups excluding carboxylic acids is 1. The molecular weight excluding hydrogens is 507 g/mol.